The molecule has 1 aromatic heterocycles. The number of halogens is 2. The van der Waals surface area contributed by atoms with Crippen LogP contribution in [-0.4, -0.2) is 16.5 Å². The monoisotopic (exact) mass is 325 g/mol. The molecular formula is C13H13BrClN3. The average molecular weight is 327 g/mol. The Morgan fingerprint density at radius 1 is 1.33 bits per heavy atom. The molecule has 0 saturated heterocycles. The summed E-state index contributed by atoms with van der Waals surface area (Å²) in [6.45, 7) is 3.02. The van der Waals surface area contributed by atoms with Crippen LogP contribution in [0, 0.1) is 0 Å². The second-order valence-electron chi connectivity index (χ2n) is 3.82. The van der Waals surface area contributed by atoms with E-state index in [1.807, 2.05) is 24.3 Å². The number of anilines is 1. The largest absolute Gasteiger partial charge is 0.370 e. The topological polar surface area (TPSA) is 37.8 Å². The molecule has 0 atom stereocenters. The Kier molecular flexibility index (Phi) is 4.55. The minimum Gasteiger partial charge on any atom is -0.370 e. The third-order valence-electron chi connectivity index (χ3n) is 2.39. The highest BCUT2D eigenvalue weighted by atomic mass is 79.9. The molecule has 0 amide bonds. The summed E-state index contributed by atoms with van der Waals surface area (Å²) in [5, 5.41) is 3.92. The third-order valence-corrected chi connectivity index (χ3v) is 3.60. The molecule has 0 spiro atoms. The summed E-state index contributed by atoms with van der Waals surface area (Å²) in [6.07, 6.45) is 2.81. The molecule has 0 unspecified atom stereocenters. The number of aromatic nitrogens is 2. The SMILES string of the molecule is CCCNc1ccnc(-c2ccc(Cl)c(Br)c2)n1. The predicted octanol–water partition coefficient (Wildman–Crippen LogP) is 4.38. The molecule has 0 aliphatic heterocycles. The first-order valence-electron chi connectivity index (χ1n) is 5.73. The molecule has 1 heterocycles. The first kappa shape index (κ1) is 13.3. The molecule has 0 fully saturated rings. The second kappa shape index (κ2) is 6.16. The van der Waals surface area contributed by atoms with Crippen molar-refractivity contribution >= 4 is 33.3 Å². The van der Waals surface area contributed by atoms with Crippen LogP contribution in [0.15, 0.2) is 34.9 Å². The Labute approximate surface area is 120 Å². The van der Waals surface area contributed by atoms with E-state index in [4.69, 9.17) is 11.6 Å². The zero-order valence-electron chi connectivity index (χ0n) is 9.95. The van der Waals surface area contributed by atoms with Crippen molar-refractivity contribution in [2.45, 2.75) is 13.3 Å². The van der Waals surface area contributed by atoms with E-state index in [0.717, 1.165) is 28.8 Å². The molecule has 0 saturated carbocycles. The molecule has 94 valence electrons. The van der Waals surface area contributed by atoms with Crippen LogP contribution < -0.4 is 5.32 Å². The van der Waals surface area contributed by atoms with Crippen LogP contribution in [0.3, 0.4) is 0 Å². The fraction of sp³-hybridized carbons (Fsp3) is 0.231. The van der Waals surface area contributed by atoms with E-state index in [1.165, 1.54) is 0 Å². The van der Waals surface area contributed by atoms with Crippen LogP contribution in [0.4, 0.5) is 5.82 Å². The minimum absolute atomic E-state index is 0.680. The lowest BCUT2D eigenvalue weighted by molar-refractivity contribution is 0.966. The number of nitrogens with one attached hydrogen (secondary N) is 1. The second-order valence-corrected chi connectivity index (χ2v) is 5.08. The molecule has 2 aromatic rings. The molecule has 3 nitrogen and oxygen atoms in total. The molecule has 2 rings (SSSR count). The van der Waals surface area contributed by atoms with Gasteiger partial charge in [-0.1, -0.05) is 18.5 Å². The van der Waals surface area contributed by atoms with Gasteiger partial charge in [0.05, 0.1) is 5.02 Å². The lowest BCUT2D eigenvalue weighted by Gasteiger charge is -2.06. The first-order chi connectivity index (χ1) is 8.70. The summed E-state index contributed by atoms with van der Waals surface area (Å²) in [5.74, 6) is 1.53. The molecule has 0 radical (unpaired) electrons. The van der Waals surface area contributed by atoms with Crippen LogP contribution in [0.1, 0.15) is 13.3 Å². The van der Waals surface area contributed by atoms with Crippen LogP contribution in [-0.2, 0) is 0 Å². The van der Waals surface area contributed by atoms with Crippen LogP contribution in [0.25, 0.3) is 11.4 Å². The Bertz CT molecular complexity index is 546. The van der Waals surface area contributed by atoms with Gasteiger partial charge in [0.2, 0.25) is 0 Å². The number of benzene rings is 1. The van der Waals surface area contributed by atoms with Crippen molar-refractivity contribution < 1.29 is 0 Å². The molecule has 1 aromatic carbocycles. The molecule has 18 heavy (non-hydrogen) atoms. The maximum Gasteiger partial charge on any atom is 0.161 e. The van der Waals surface area contributed by atoms with E-state index in [2.05, 4.69) is 38.1 Å². The van der Waals surface area contributed by atoms with Crippen LogP contribution in [0.5, 0.6) is 0 Å². The van der Waals surface area contributed by atoms with E-state index in [0.29, 0.717) is 10.8 Å². The summed E-state index contributed by atoms with van der Waals surface area (Å²) in [6, 6.07) is 7.52. The first-order valence-corrected chi connectivity index (χ1v) is 6.90. The Hall–Kier alpha value is -1.13. The number of rotatable bonds is 4. The highest BCUT2D eigenvalue weighted by molar-refractivity contribution is 9.10. The maximum atomic E-state index is 5.97. The summed E-state index contributed by atoms with van der Waals surface area (Å²) in [7, 11) is 0. The summed E-state index contributed by atoms with van der Waals surface area (Å²) in [5.41, 5.74) is 0.937. The number of hydrogen-bond acceptors (Lipinski definition) is 3. The highest BCUT2D eigenvalue weighted by Crippen LogP contribution is 2.27. The Morgan fingerprint density at radius 2 is 2.17 bits per heavy atom. The smallest absolute Gasteiger partial charge is 0.161 e. The molecule has 0 bridgehead atoms. The van der Waals surface area contributed by atoms with Crippen molar-refractivity contribution in [1.82, 2.24) is 9.97 Å². The molecule has 1 N–H and O–H groups in total. The molecule has 0 aliphatic carbocycles. The lowest BCUT2D eigenvalue weighted by atomic mass is 10.2. The van der Waals surface area contributed by atoms with E-state index >= 15 is 0 Å². The normalized spacial score (nSPS) is 10.4. The fourth-order valence-corrected chi connectivity index (χ4v) is 1.98. The minimum atomic E-state index is 0.680. The van der Waals surface area contributed by atoms with Crippen LogP contribution in [0.2, 0.25) is 5.02 Å². The van der Waals surface area contributed by atoms with Crippen LogP contribution >= 0.6 is 27.5 Å². The van der Waals surface area contributed by atoms with Gasteiger partial charge in [-0.2, -0.15) is 0 Å². The Morgan fingerprint density at radius 3 is 2.89 bits per heavy atom. The summed E-state index contributed by atoms with van der Waals surface area (Å²) >= 11 is 9.37. The Balaban J connectivity index is 2.29. The van der Waals surface area contributed by atoms with Crippen molar-refractivity contribution in [3.8, 4) is 11.4 Å². The van der Waals surface area contributed by atoms with E-state index in [1.54, 1.807) is 6.20 Å². The van der Waals surface area contributed by atoms with Gasteiger partial charge >= 0.3 is 0 Å². The van der Waals surface area contributed by atoms with Gasteiger partial charge in [-0.05, 0) is 46.6 Å². The van der Waals surface area contributed by atoms with Crippen molar-refractivity contribution in [3.63, 3.8) is 0 Å². The van der Waals surface area contributed by atoms with Gasteiger partial charge in [-0.15, -0.1) is 0 Å². The number of nitrogens with zero attached hydrogens (tertiary/aromatic N) is 2. The zero-order valence-corrected chi connectivity index (χ0v) is 12.3. The van der Waals surface area contributed by atoms with Crippen molar-refractivity contribution in [2.75, 3.05) is 11.9 Å². The van der Waals surface area contributed by atoms with Gasteiger partial charge in [0.15, 0.2) is 5.82 Å². The van der Waals surface area contributed by atoms with Gasteiger partial charge in [0.25, 0.3) is 0 Å². The van der Waals surface area contributed by atoms with Gasteiger partial charge in [0.1, 0.15) is 5.82 Å². The van der Waals surface area contributed by atoms with Crippen molar-refractivity contribution in [2.24, 2.45) is 0 Å². The zero-order chi connectivity index (χ0) is 13.0. The third kappa shape index (κ3) is 3.21. The average Bonchev–Trinajstić information content (AvgIpc) is 2.40. The van der Waals surface area contributed by atoms with Gasteiger partial charge in [-0.3, -0.25) is 0 Å². The number of hydrogen-bond donors (Lipinski definition) is 1. The maximum absolute atomic E-state index is 5.97. The molecule has 0 aliphatic rings. The van der Waals surface area contributed by atoms with Gasteiger partial charge in [0, 0.05) is 22.8 Å². The summed E-state index contributed by atoms with van der Waals surface area (Å²) in [4.78, 5) is 8.74. The lowest BCUT2D eigenvalue weighted by Crippen LogP contribution is -2.03. The predicted molar refractivity (Wildman–Crippen MR) is 79.0 cm³/mol. The van der Waals surface area contributed by atoms with E-state index in [9.17, 15) is 0 Å². The van der Waals surface area contributed by atoms with Crippen molar-refractivity contribution in [1.29, 1.82) is 0 Å². The van der Waals surface area contributed by atoms with E-state index in [-0.39, 0.29) is 0 Å². The standard InChI is InChI=1S/C13H13BrClN3/c1-2-6-16-12-5-7-17-13(18-12)9-3-4-11(15)10(14)8-9/h3-5,7-8H,2,6H2,1H3,(H,16,17,18). The van der Waals surface area contributed by atoms with E-state index < -0.39 is 0 Å². The fourth-order valence-electron chi connectivity index (χ4n) is 1.48. The highest BCUT2D eigenvalue weighted by Gasteiger charge is 2.05. The molecule has 5 heteroatoms. The summed E-state index contributed by atoms with van der Waals surface area (Å²) < 4.78 is 0.845. The van der Waals surface area contributed by atoms with Crippen molar-refractivity contribution in [3.05, 3.63) is 40.0 Å². The van der Waals surface area contributed by atoms with Gasteiger partial charge in [-0.25, -0.2) is 9.97 Å². The quantitative estimate of drug-likeness (QED) is 0.906. The molecular weight excluding hydrogens is 314 g/mol. The van der Waals surface area contributed by atoms with Gasteiger partial charge < -0.3 is 5.32 Å².